The number of hydrogen-bond acceptors (Lipinski definition) is 3. The van der Waals surface area contributed by atoms with Gasteiger partial charge in [-0.25, -0.2) is 4.39 Å². The second-order valence-electron chi connectivity index (χ2n) is 7.42. The van der Waals surface area contributed by atoms with Crippen LogP contribution in [0.1, 0.15) is 24.0 Å². The number of ether oxygens (including phenoxy) is 1. The molecule has 0 bridgehead atoms. The largest absolute Gasteiger partial charge is 0.378 e. The number of rotatable bonds is 8. The van der Waals surface area contributed by atoms with E-state index in [4.69, 9.17) is 9.73 Å². The molecule has 31 heavy (non-hydrogen) atoms. The van der Waals surface area contributed by atoms with E-state index in [1.165, 1.54) is 12.1 Å². The lowest BCUT2D eigenvalue weighted by Gasteiger charge is -2.30. The third kappa shape index (κ3) is 7.07. The fourth-order valence-electron chi connectivity index (χ4n) is 3.52. The molecule has 2 aromatic rings. The van der Waals surface area contributed by atoms with Crippen LogP contribution in [0.15, 0.2) is 59.6 Å². The average Bonchev–Trinajstić information content (AvgIpc) is 2.81. The van der Waals surface area contributed by atoms with Crippen molar-refractivity contribution in [2.75, 3.05) is 45.9 Å². The smallest absolute Gasteiger partial charge is 0.232 e. The number of amides is 1. The van der Waals surface area contributed by atoms with Crippen LogP contribution >= 0.6 is 0 Å². The Morgan fingerprint density at radius 3 is 2.48 bits per heavy atom. The quantitative estimate of drug-likeness (QED) is 0.503. The summed E-state index contributed by atoms with van der Waals surface area (Å²) in [6.45, 7) is 6.11. The van der Waals surface area contributed by atoms with Crippen LogP contribution in [-0.2, 0) is 16.0 Å². The molecular weight excluding hydrogens is 395 g/mol. The number of morpholine rings is 1. The molecule has 1 unspecified atom stereocenters. The monoisotopic (exact) mass is 426 g/mol. The maximum Gasteiger partial charge on any atom is 0.232 e. The van der Waals surface area contributed by atoms with Crippen molar-refractivity contribution in [3.8, 4) is 0 Å². The van der Waals surface area contributed by atoms with Gasteiger partial charge in [0.05, 0.1) is 25.7 Å². The SMILES string of the molecule is CCNC(=NCC(C(=O)N1CCOCC1)c1ccccc1)NCCc1ccc(F)cc1. The lowest BCUT2D eigenvalue weighted by atomic mass is 9.97. The van der Waals surface area contributed by atoms with Crippen LogP contribution in [0.5, 0.6) is 0 Å². The molecule has 166 valence electrons. The van der Waals surface area contributed by atoms with Gasteiger partial charge in [0.15, 0.2) is 5.96 Å². The van der Waals surface area contributed by atoms with Crippen molar-refractivity contribution in [2.24, 2.45) is 4.99 Å². The van der Waals surface area contributed by atoms with Gasteiger partial charge in [0.2, 0.25) is 5.91 Å². The molecule has 0 radical (unpaired) electrons. The van der Waals surface area contributed by atoms with Gasteiger partial charge in [-0.1, -0.05) is 42.5 Å². The molecule has 1 aliphatic rings. The summed E-state index contributed by atoms with van der Waals surface area (Å²) in [7, 11) is 0. The maximum atomic E-state index is 13.2. The molecule has 1 heterocycles. The molecule has 1 amide bonds. The van der Waals surface area contributed by atoms with E-state index < -0.39 is 0 Å². The Hall–Kier alpha value is -2.93. The first kappa shape index (κ1) is 22.7. The molecule has 1 fully saturated rings. The lowest BCUT2D eigenvalue weighted by Crippen LogP contribution is -2.44. The molecule has 7 heteroatoms. The van der Waals surface area contributed by atoms with Crippen molar-refractivity contribution in [3.05, 3.63) is 71.5 Å². The van der Waals surface area contributed by atoms with Crippen molar-refractivity contribution in [3.63, 3.8) is 0 Å². The Kier molecular flexibility index (Phi) is 8.84. The number of nitrogens with zero attached hydrogens (tertiary/aromatic N) is 2. The highest BCUT2D eigenvalue weighted by atomic mass is 19.1. The third-order valence-corrected chi connectivity index (χ3v) is 5.22. The van der Waals surface area contributed by atoms with Crippen molar-refractivity contribution < 1.29 is 13.9 Å². The van der Waals surface area contributed by atoms with Crippen LogP contribution in [0, 0.1) is 5.82 Å². The summed E-state index contributed by atoms with van der Waals surface area (Å²) < 4.78 is 18.5. The number of carbonyl (C=O) groups is 1. The molecule has 0 aliphatic carbocycles. The second kappa shape index (κ2) is 12.1. The number of guanidine groups is 1. The molecule has 0 spiro atoms. The van der Waals surface area contributed by atoms with Gasteiger partial charge in [-0.3, -0.25) is 9.79 Å². The van der Waals surface area contributed by atoms with Gasteiger partial charge in [-0.15, -0.1) is 0 Å². The van der Waals surface area contributed by atoms with Gasteiger partial charge < -0.3 is 20.3 Å². The summed E-state index contributed by atoms with van der Waals surface area (Å²) in [6.07, 6.45) is 0.750. The molecule has 6 nitrogen and oxygen atoms in total. The Morgan fingerprint density at radius 2 is 1.81 bits per heavy atom. The maximum absolute atomic E-state index is 13.2. The summed E-state index contributed by atoms with van der Waals surface area (Å²) in [5.41, 5.74) is 2.01. The number of benzene rings is 2. The van der Waals surface area contributed by atoms with E-state index in [1.807, 2.05) is 42.2 Å². The van der Waals surface area contributed by atoms with Crippen LogP contribution in [0.2, 0.25) is 0 Å². The minimum atomic E-state index is -0.341. The second-order valence-corrected chi connectivity index (χ2v) is 7.42. The van der Waals surface area contributed by atoms with E-state index in [-0.39, 0.29) is 17.6 Å². The molecule has 0 aromatic heterocycles. The van der Waals surface area contributed by atoms with Crippen molar-refractivity contribution >= 4 is 11.9 Å². The zero-order chi connectivity index (χ0) is 21.9. The number of aliphatic imine (C=N–C) groups is 1. The minimum Gasteiger partial charge on any atom is -0.378 e. The van der Waals surface area contributed by atoms with Crippen LogP contribution < -0.4 is 10.6 Å². The Balaban J connectivity index is 1.66. The van der Waals surface area contributed by atoms with Gasteiger partial charge >= 0.3 is 0 Å². The van der Waals surface area contributed by atoms with Crippen molar-refractivity contribution in [1.29, 1.82) is 0 Å². The normalized spacial score (nSPS) is 15.4. The Morgan fingerprint density at radius 1 is 1.10 bits per heavy atom. The van der Waals surface area contributed by atoms with E-state index in [9.17, 15) is 9.18 Å². The first-order valence-corrected chi connectivity index (χ1v) is 10.9. The number of nitrogens with one attached hydrogen (secondary N) is 2. The van der Waals surface area contributed by atoms with Gasteiger partial charge in [0, 0.05) is 26.2 Å². The molecule has 1 saturated heterocycles. The summed E-state index contributed by atoms with van der Waals surface area (Å²) in [6, 6.07) is 16.3. The average molecular weight is 427 g/mol. The molecule has 1 aliphatic heterocycles. The van der Waals surface area contributed by atoms with Gasteiger partial charge in [-0.2, -0.15) is 0 Å². The Labute approximate surface area is 183 Å². The van der Waals surface area contributed by atoms with Crippen LogP contribution in [0.4, 0.5) is 4.39 Å². The standard InChI is InChI=1S/C24H31FN4O2/c1-2-26-24(27-13-12-19-8-10-21(25)11-9-19)28-18-22(20-6-4-3-5-7-20)23(30)29-14-16-31-17-15-29/h3-11,22H,2,12-18H2,1H3,(H2,26,27,28). The molecular formula is C24H31FN4O2. The van der Waals surface area contributed by atoms with Gasteiger partial charge in [-0.05, 0) is 36.6 Å². The summed E-state index contributed by atoms with van der Waals surface area (Å²) in [4.78, 5) is 19.8. The predicted octanol–water partition coefficient (Wildman–Crippen LogP) is 2.57. The molecule has 1 atom stereocenters. The first-order valence-electron chi connectivity index (χ1n) is 10.9. The number of carbonyl (C=O) groups excluding carboxylic acids is 1. The van der Waals surface area contributed by atoms with Crippen LogP contribution in [0.3, 0.4) is 0 Å². The number of hydrogen-bond donors (Lipinski definition) is 2. The van der Waals surface area contributed by atoms with E-state index in [2.05, 4.69) is 10.6 Å². The minimum absolute atomic E-state index is 0.0837. The molecule has 2 N–H and O–H groups in total. The topological polar surface area (TPSA) is 66.0 Å². The van der Waals surface area contributed by atoms with Crippen LogP contribution in [0.25, 0.3) is 0 Å². The summed E-state index contributed by atoms with van der Waals surface area (Å²) in [5.74, 6) is 0.177. The number of halogens is 1. The molecule has 3 rings (SSSR count). The zero-order valence-corrected chi connectivity index (χ0v) is 18.0. The highest BCUT2D eigenvalue weighted by molar-refractivity contribution is 5.85. The van der Waals surface area contributed by atoms with E-state index in [0.29, 0.717) is 45.4 Å². The van der Waals surface area contributed by atoms with E-state index in [1.54, 1.807) is 12.1 Å². The fraction of sp³-hybridized carbons (Fsp3) is 0.417. The third-order valence-electron chi connectivity index (χ3n) is 5.22. The highest BCUT2D eigenvalue weighted by Gasteiger charge is 2.27. The molecule has 2 aromatic carbocycles. The van der Waals surface area contributed by atoms with E-state index >= 15 is 0 Å². The molecule has 0 saturated carbocycles. The van der Waals surface area contributed by atoms with E-state index in [0.717, 1.165) is 24.1 Å². The van der Waals surface area contributed by atoms with Crippen molar-refractivity contribution in [2.45, 2.75) is 19.3 Å². The highest BCUT2D eigenvalue weighted by Crippen LogP contribution is 2.20. The zero-order valence-electron chi connectivity index (χ0n) is 18.0. The van der Waals surface area contributed by atoms with Gasteiger partial charge in [0.1, 0.15) is 5.82 Å². The Bertz CT molecular complexity index is 836. The lowest BCUT2D eigenvalue weighted by molar-refractivity contribution is -0.136. The van der Waals surface area contributed by atoms with Gasteiger partial charge in [0.25, 0.3) is 0 Å². The fourth-order valence-corrected chi connectivity index (χ4v) is 3.52. The summed E-state index contributed by atoms with van der Waals surface area (Å²) in [5, 5.41) is 6.55. The summed E-state index contributed by atoms with van der Waals surface area (Å²) >= 11 is 0. The van der Waals surface area contributed by atoms with Crippen LogP contribution in [-0.4, -0.2) is 62.7 Å². The first-order chi connectivity index (χ1) is 15.2. The van der Waals surface area contributed by atoms with Crippen molar-refractivity contribution in [1.82, 2.24) is 15.5 Å². The predicted molar refractivity (Wildman–Crippen MR) is 121 cm³/mol.